The molecule has 0 saturated carbocycles. The van der Waals surface area contributed by atoms with E-state index in [0.29, 0.717) is 26.2 Å². The fourth-order valence-electron chi connectivity index (χ4n) is 2.93. The number of aromatic nitrogens is 2. The van der Waals surface area contributed by atoms with Crippen molar-refractivity contribution in [3.05, 3.63) is 53.9 Å². The van der Waals surface area contributed by atoms with E-state index in [1.807, 2.05) is 29.1 Å². The van der Waals surface area contributed by atoms with Gasteiger partial charge >= 0.3 is 0 Å². The molecule has 128 valence electrons. The molecule has 1 N–H and O–H groups in total. The molecule has 2 heterocycles. The summed E-state index contributed by atoms with van der Waals surface area (Å²) in [5, 5.41) is 13.6. The first-order valence-electron chi connectivity index (χ1n) is 8.33. The number of benzene rings is 1. The number of nitrogens with zero attached hydrogens (tertiary/aromatic N) is 3. The van der Waals surface area contributed by atoms with Gasteiger partial charge in [-0.2, -0.15) is 5.10 Å². The lowest BCUT2D eigenvalue weighted by Crippen LogP contribution is -2.40. The number of aliphatic hydroxyl groups excluding tert-OH is 1. The second kappa shape index (κ2) is 8.08. The third-order valence-corrected chi connectivity index (χ3v) is 4.13. The van der Waals surface area contributed by atoms with Crippen LogP contribution < -0.4 is 0 Å². The summed E-state index contributed by atoms with van der Waals surface area (Å²) in [7, 11) is 0. The molecule has 0 spiro atoms. The van der Waals surface area contributed by atoms with Gasteiger partial charge in [0.25, 0.3) is 5.91 Å². The Morgan fingerprint density at radius 3 is 2.88 bits per heavy atom. The van der Waals surface area contributed by atoms with E-state index in [2.05, 4.69) is 17.2 Å². The van der Waals surface area contributed by atoms with Gasteiger partial charge in [-0.3, -0.25) is 9.48 Å². The number of carbonyl (C=O) groups is 1. The Kier molecular flexibility index (Phi) is 5.61. The molecule has 1 saturated heterocycles. The fourth-order valence-corrected chi connectivity index (χ4v) is 2.93. The average Bonchev–Trinajstić information content (AvgIpc) is 3.27. The molecule has 0 bridgehead atoms. The van der Waals surface area contributed by atoms with E-state index in [1.54, 1.807) is 11.1 Å². The summed E-state index contributed by atoms with van der Waals surface area (Å²) in [5.74, 6) is -0.0441. The molecular weight excluding hydrogens is 306 g/mol. The minimum absolute atomic E-state index is 0.0441. The molecule has 2 aromatic rings. The van der Waals surface area contributed by atoms with Crippen LogP contribution in [0.2, 0.25) is 0 Å². The molecule has 1 aromatic carbocycles. The topological polar surface area (TPSA) is 67.6 Å². The van der Waals surface area contributed by atoms with Crippen LogP contribution in [0.5, 0.6) is 0 Å². The van der Waals surface area contributed by atoms with Crippen molar-refractivity contribution in [3.63, 3.8) is 0 Å². The highest BCUT2D eigenvalue weighted by atomic mass is 16.5. The van der Waals surface area contributed by atoms with Crippen molar-refractivity contribution < 1.29 is 14.6 Å². The van der Waals surface area contributed by atoms with Crippen LogP contribution in [0.3, 0.4) is 0 Å². The second-order valence-corrected chi connectivity index (χ2v) is 6.02. The monoisotopic (exact) mass is 329 g/mol. The van der Waals surface area contributed by atoms with Gasteiger partial charge in [-0.15, -0.1) is 0 Å². The first kappa shape index (κ1) is 16.7. The minimum Gasteiger partial charge on any atom is -0.395 e. The Morgan fingerprint density at radius 1 is 1.33 bits per heavy atom. The molecule has 1 atom stereocenters. The van der Waals surface area contributed by atoms with Gasteiger partial charge in [-0.25, -0.2) is 0 Å². The zero-order chi connectivity index (χ0) is 16.8. The molecule has 1 aliphatic rings. The Labute approximate surface area is 141 Å². The summed E-state index contributed by atoms with van der Waals surface area (Å²) < 4.78 is 7.33. The van der Waals surface area contributed by atoms with Crippen molar-refractivity contribution in [3.8, 4) is 0 Å². The van der Waals surface area contributed by atoms with Crippen LogP contribution in [-0.4, -0.2) is 51.6 Å². The van der Waals surface area contributed by atoms with Gasteiger partial charge in [0.15, 0.2) is 0 Å². The molecule has 1 aliphatic heterocycles. The van der Waals surface area contributed by atoms with E-state index in [1.165, 1.54) is 5.56 Å². The molecule has 1 amide bonds. The molecule has 3 rings (SSSR count). The van der Waals surface area contributed by atoms with Crippen LogP contribution in [-0.2, 0) is 22.6 Å². The van der Waals surface area contributed by atoms with E-state index >= 15 is 0 Å². The molecule has 6 nitrogen and oxygen atoms in total. The van der Waals surface area contributed by atoms with Crippen LogP contribution in [0.4, 0.5) is 0 Å². The van der Waals surface area contributed by atoms with Gasteiger partial charge in [0.05, 0.1) is 19.3 Å². The van der Waals surface area contributed by atoms with Crippen molar-refractivity contribution in [1.29, 1.82) is 0 Å². The summed E-state index contributed by atoms with van der Waals surface area (Å²) >= 11 is 0. The summed E-state index contributed by atoms with van der Waals surface area (Å²) in [5.41, 5.74) is 2.13. The van der Waals surface area contributed by atoms with Crippen LogP contribution in [0.15, 0.2) is 42.7 Å². The lowest BCUT2D eigenvalue weighted by atomic mass is 10.2. The van der Waals surface area contributed by atoms with Crippen molar-refractivity contribution in [2.75, 3.05) is 19.8 Å². The molecule has 0 radical (unpaired) electrons. The predicted octanol–water partition coefficient (Wildman–Crippen LogP) is 1.43. The fraction of sp³-hybridized carbons (Fsp3) is 0.444. The number of ether oxygens (including phenoxy) is 1. The third kappa shape index (κ3) is 4.21. The number of rotatable bonds is 7. The number of amides is 1. The highest BCUT2D eigenvalue weighted by Gasteiger charge is 2.28. The number of hydrogen-bond acceptors (Lipinski definition) is 4. The van der Waals surface area contributed by atoms with Crippen LogP contribution in [0.1, 0.15) is 24.0 Å². The Morgan fingerprint density at radius 2 is 2.17 bits per heavy atom. The molecule has 1 unspecified atom stereocenters. The Balaban J connectivity index is 1.63. The summed E-state index contributed by atoms with van der Waals surface area (Å²) in [6, 6.07) is 10.1. The van der Waals surface area contributed by atoms with E-state index in [9.17, 15) is 9.90 Å². The maximum atomic E-state index is 12.5. The standard InChI is InChI=1S/C18H23N3O3/c22-9-8-20(18(23)17-7-4-10-24-17)12-16-11-19-21(14-16)13-15-5-2-1-3-6-15/h1-3,5-6,11,14,17,22H,4,7-10,12-13H2. The van der Waals surface area contributed by atoms with Gasteiger partial charge in [0.1, 0.15) is 6.10 Å². The number of carbonyl (C=O) groups excluding carboxylic acids is 1. The predicted molar refractivity (Wildman–Crippen MR) is 89.2 cm³/mol. The largest absolute Gasteiger partial charge is 0.395 e. The number of aliphatic hydroxyl groups is 1. The normalized spacial score (nSPS) is 17.1. The van der Waals surface area contributed by atoms with Gasteiger partial charge in [-0.1, -0.05) is 30.3 Å². The molecule has 24 heavy (non-hydrogen) atoms. The highest BCUT2D eigenvalue weighted by Crippen LogP contribution is 2.16. The highest BCUT2D eigenvalue weighted by molar-refractivity contribution is 5.81. The molecular formula is C18H23N3O3. The lowest BCUT2D eigenvalue weighted by molar-refractivity contribution is -0.142. The Hall–Kier alpha value is -2.18. The van der Waals surface area contributed by atoms with Crippen LogP contribution in [0, 0.1) is 0 Å². The van der Waals surface area contributed by atoms with Crippen LogP contribution in [0.25, 0.3) is 0 Å². The maximum absolute atomic E-state index is 12.5. The first-order chi connectivity index (χ1) is 11.8. The van der Waals surface area contributed by atoms with Gasteiger partial charge in [0, 0.05) is 31.5 Å². The summed E-state index contributed by atoms with van der Waals surface area (Å²) in [4.78, 5) is 14.2. The van der Waals surface area contributed by atoms with Crippen LogP contribution >= 0.6 is 0 Å². The molecule has 1 fully saturated rings. The van der Waals surface area contributed by atoms with Crippen molar-refractivity contribution >= 4 is 5.91 Å². The SMILES string of the molecule is O=C(C1CCCO1)N(CCO)Cc1cnn(Cc2ccccc2)c1. The zero-order valence-electron chi connectivity index (χ0n) is 13.7. The first-order valence-corrected chi connectivity index (χ1v) is 8.33. The molecule has 1 aromatic heterocycles. The van der Waals surface area contributed by atoms with Crippen molar-refractivity contribution in [2.24, 2.45) is 0 Å². The molecule has 6 heteroatoms. The second-order valence-electron chi connectivity index (χ2n) is 6.02. The average molecular weight is 329 g/mol. The van der Waals surface area contributed by atoms with E-state index in [-0.39, 0.29) is 18.6 Å². The quantitative estimate of drug-likeness (QED) is 0.834. The molecule has 0 aliphatic carbocycles. The summed E-state index contributed by atoms with van der Waals surface area (Å²) in [6.07, 6.45) is 5.03. The maximum Gasteiger partial charge on any atom is 0.252 e. The zero-order valence-corrected chi connectivity index (χ0v) is 13.7. The van der Waals surface area contributed by atoms with Gasteiger partial charge < -0.3 is 14.7 Å². The third-order valence-electron chi connectivity index (χ3n) is 4.13. The van der Waals surface area contributed by atoms with Crippen molar-refractivity contribution in [2.45, 2.75) is 32.0 Å². The smallest absolute Gasteiger partial charge is 0.252 e. The minimum atomic E-state index is -0.365. The number of hydrogen-bond donors (Lipinski definition) is 1. The lowest BCUT2D eigenvalue weighted by Gasteiger charge is -2.24. The van der Waals surface area contributed by atoms with Crippen molar-refractivity contribution in [1.82, 2.24) is 14.7 Å². The summed E-state index contributed by atoms with van der Waals surface area (Å²) in [6.45, 7) is 2.02. The van der Waals surface area contributed by atoms with E-state index in [4.69, 9.17) is 4.74 Å². The van der Waals surface area contributed by atoms with E-state index in [0.717, 1.165) is 18.4 Å². The van der Waals surface area contributed by atoms with E-state index < -0.39 is 0 Å². The van der Waals surface area contributed by atoms with Gasteiger partial charge in [0.2, 0.25) is 0 Å². The Bertz CT molecular complexity index is 651. The van der Waals surface area contributed by atoms with Gasteiger partial charge in [-0.05, 0) is 18.4 Å².